The minimum absolute atomic E-state index is 0.254. The molecule has 0 aliphatic heterocycles. The summed E-state index contributed by atoms with van der Waals surface area (Å²) in [5.41, 5.74) is 4.04. The van der Waals surface area contributed by atoms with Crippen molar-refractivity contribution in [3.05, 3.63) is 70.5 Å². The summed E-state index contributed by atoms with van der Waals surface area (Å²) in [4.78, 5) is 0. The van der Waals surface area contributed by atoms with Crippen LogP contribution in [0.4, 0.5) is 0 Å². The number of nitrogen functional groups attached to an aromatic ring is 1. The van der Waals surface area contributed by atoms with Gasteiger partial charge in [-0.05, 0) is 47.7 Å². The zero-order valence-electron chi connectivity index (χ0n) is 16.2. The Kier molecular flexibility index (Phi) is 6.22. The first kappa shape index (κ1) is 19.8. The van der Waals surface area contributed by atoms with E-state index in [9.17, 15) is 0 Å². The van der Waals surface area contributed by atoms with Gasteiger partial charge in [-0.1, -0.05) is 49.9 Å². The first-order valence-corrected chi connectivity index (χ1v) is 10.0. The Bertz CT molecular complexity index is 989. The number of hydrogen-bond acceptors (Lipinski definition) is 6. The second-order valence-electron chi connectivity index (χ2n) is 6.85. The number of benzene rings is 2. The third kappa shape index (κ3) is 4.65. The summed E-state index contributed by atoms with van der Waals surface area (Å²) >= 11 is 1.49. The minimum atomic E-state index is 0.254. The third-order valence-corrected chi connectivity index (χ3v) is 5.35. The molecule has 6 nitrogen and oxygen atoms in total. The quantitative estimate of drug-likeness (QED) is 0.479. The molecule has 0 saturated heterocycles. The number of nitriles is 1. The topological polar surface area (TPSA) is 89.8 Å². The van der Waals surface area contributed by atoms with E-state index in [0.717, 1.165) is 22.4 Å². The van der Waals surface area contributed by atoms with Crippen molar-refractivity contribution in [3.63, 3.8) is 0 Å². The molecule has 1 aromatic heterocycles. The normalized spacial score (nSPS) is 10.8. The molecule has 7 heteroatoms. The number of nitrogens with zero attached hydrogens (tertiary/aromatic N) is 4. The van der Waals surface area contributed by atoms with Crippen LogP contribution in [-0.4, -0.2) is 14.9 Å². The van der Waals surface area contributed by atoms with Gasteiger partial charge >= 0.3 is 0 Å². The molecular formula is C21H23N5OS. The molecule has 3 aromatic rings. The Morgan fingerprint density at radius 1 is 1.18 bits per heavy atom. The van der Waals surface area contributed by atoms with E-state index in [4.69, 9.17) is 15.8 Å². The Morgan fingerprint density at radius 3 is 2.61 bits per heavy atom. The maximum atomic E-state index is 8.87. The van der Waals surface area contributed by atoms with Crippen LogP contribution in [0.5, 0.6) is 5.75 Å². The van der Waals surface area contributed by atoms with Gasteiger partial charge in [-0.25, -0.2) is 4.68 Å². The molecule has 1 heterocycles. The largest absolute Gasteiger partial charge is 0.485 e. The van der Waals surface area contributed by atoms with Crippen molar-refractivity contribution in [2.24, 2.45) is 0 Å². The summed E-state index contributed by atoms with van der Waals surface area (Å²) in [6, 6.07) is 15.8. The van der Waals surface area contributed by atoms with E-state index in [-0.39, 0.29) is 6.61 Å². The van der Waals surface area contributed by atoms with Gasteiger partial charge in [0.2, 0.25) is 5.16 Å². The van der Waals surface area contributed by atoms with Gasteiger partial charge < -0.3 is 10.6 Å². The van der Waals surface area contributed by atoms with E-state index < -0.39 is 0 Å². The van der Waals surface area contributed by atoms with Crippen LogP contribution in [0.1, 0.15) is 47.8 Å². The summed E-state index contributed by atoms with van der Waals surface area (Å²) in [7, 11) is 0. The molecule has 144 valence electrons. The highest BCUT2D eigenvalue weighted by atomic mass is 32.2. The van der Waals surface area contributed by atoms with Crippen LogP contribution in [0.3, 0.4) is 0 Å². The van der Waals surface area contributed by atoms with E-state index in [0.29, 0.717) is 28.2 Å². The van der Waals surface area contributed by atoms with E-state index in [1.54, 1.807) is 12.1 Å². The average Bonchev–Trinajstić information content (AvgIpc) is 3.04. The van der Waals surface area contributed by atoms with Crippen LogP contribution in [0.2, 0.25) is 0 Å². The molecule has 0 atom stereocenters. The highest BCUT2D eigenvalue weighted by molar-refractivity contribution is 7.98. The number of aromatic nitrogens is 3. The van der Waals surface area contributed by atoms with E-state index >= 15 is 0 Å². The average molecular weight is 394 g/mol. The number of nitrogens with two attached hydrogens (primary N) is 1. The van der Waals surface area contributed by atoms with E-state index in [1.807, 2.05) is 25.1 Å². The summed E-state index contributed by atoms with van der Waals surface area (Å²) in [6.45, 7) is 6.58. The fraction of sp³-hybridized carbons (Fsp3) is 0.286. The molecule has 0 spiro atoms. The number of aryl methyl sites for hydroxylation is 1. The van der Waals surface area contributed by atoms with Crippen LogP contribution in [-0.2, 0) is 12.4 Å². The maximum absolute atomic E-state index is 8.87. The zero-order chi connectivity index (χ0) is 20.1. The smallest absolute Gasteiger partial charge is 0.210 e. The number of ether oxygens (including phenoxy) is 1. The Morgan fingerprint density at radius 2 is 1.93 bits per heavy atom. The highest BCUT2D eigenvalue weighted by Gasteiger charge is 2.13. The number of rotatable bonds is 7. The van der Waals surface area contributed by atoms with Gasteiger partial charge in [-0.15, -0.1) is 10.2 Å². The number of hydrogen-bond donors (Lipinski definition) is 1. The SMILES string of the molecule is Cc1ccc(C(C)C)c(OCc2nnc(SCc3ccc(C#N)cc3)n2N)c1. The van der Waals surface area contributed by atoms with Crippen LogP contribution < -0.4 is 10.6 Å². The molecule has 3 rings (SSSR count). The standard InChI is InChI=1S/C21H23N5OS/c1-14(2)18-9-4-15(3)10-19(18)27-12-20-24-25-21(26(20)23)28-13-17-7-5-16(11-22)6-8-17/h4-10,14H,12-13,23H2,1-3H3. The molecule has 28 heavy (non-hydrogen) atoms. The Labute approximate surface area is 169 Å². The second-order valence-corrected chi connectivity index (χ2v) is 7.79. The fourth-order valence-electron chi connectivity index (χ4n) is 2.71. The molecule has 0 saturated carbocycles. The minimum Gasteiger partial charge on any atom is -0.485 e. The van der Waals surface area contributed by atoms with Gasteiger partial charge in [0.15, 0.2) is 5.82 Å². The van der Waals surface area contributed by atoms with Gasteiger partial charge in [-0.3, -0.25) is 0 Å². The summed E-state index contributed by atoms with van der Waals surface area (Å²) in [6.07, 6.45) is 0. The van der Waals surface area contributed by atoms with Crippen molar-refractivity contribution < 1.29 is 4.74 Å². The molecule has 0 bridgehead atoms. The van der Waals surface area contributed by atoms with Crippen molar-refractivity contribution in [1.29, 1.82) is 5.26 Å². The molecule has 2 N–H and O–H groups in total. The first-order valence-electron chi connectivity index (χ1n) is 9.02. The lowest BCUT2D eigenvalue weighted by molar-refractivity contribution is 0.287. The molecule has 0 fully saturated rings. The van der Waals surface area contributed by atoms with Gasteiger partial charge in [-0.2, -0.15) is 5.26 Å². The highest BCUT2D eigenvalue weighted by Crippen LogP contribution is 2.28. The fourth-order valence-corrected chi connectivity index (χ4v) is 3.54. The predicted molar refractivity (Wildman–Crippen MR) is 110 cm³/mol. The van der Waals surface area contributed by atoms with Crippen LogP contribution in [0.25, 0.3) is 0 Å². The molecule has 0 radical (unpaired) electrons. The molecular weight excluding hydrogens is 370 g/mol. The van der Waals surface area contributed by atoms with Crippen molar-refractivity contribution in [2.45, 2.75) is 44.2 Å². The van der Waals surface area contributed by atoms with Gasteiger partial charge in [0, 0.05) is 5.75 Å². The van der Waals surface area contributed by atoms with Crippen molar-refractivity contribution in [1.82, 2.24) is 14.9 Å². The number of thioether (sulfide) groups is 1. The summed E-state index contributed by atoms with van der Waals surface area (Å²) < 4.78 is 7.48. The Balaban J connectivity index is 1.65. The molecule has 0 aliphatic carbocycles. The van der Waals surface area contributed by atoms with Crippen molar-refractivity contribution in [2.75, 3.05) is 5.84 Å². The lowest BCUT2D eigenvalue weighted by Gasteiger charge is -2.14. The predicted octanol–water partition coefficient (Wildman–Crippen LogP) is 4.17. The monoisotopic (exact) mass is 393 g/mol. The van der Waals surface area contributed by atoms with Gasteiger partial charge in [0.1, 0.15) is 12.4 Å². The maximum Gasteiger partial charge on any atom is 0.210 e. The van der Waals surface area contributed by atoms with Gasteiger partial charge in [0.05, 0.1) is 11.6 Å². The lowest BCUT2D eigenvalue weighted by atomic mass is 10.0. The lowest BCUT2D eigenvalue weighted by Crippen LogP contribution is -2.16. The molecule has 0 aliphatic rings. The zero-order valence-corrected chi connectivity index (χ0v) is 17.0. The van der Waals surface area contributed by atoms with E-state index in [1.165, 1.54) is 16.4 Å². The van der Waals surface area contributed by atoms with Crippen molar-refractivity contribution in [3.8, 4) is 11.8 Å². The molecule has 0 amide bonds. The van der Waals surface area contributed by atoms with Crippen LogP contribution in [0, 0.1) is 18.3 Å². The molecule has 2 aromatic carbocycles. The Hall–Kier alpha value is -2.98. The second kappa shape index (κ2) is 8.81. The first-order chi connectivity index (χ1) is 13.5. The summed E-state index contributed by atoms with van der Waals surface area (Å²) in [5, 5.41) is 17.8. The van der Waals surface area contributed by atoms with Gasteiger partial charge in [0.25, 0.3) is 0 Å². The third-order valence-electron chi connectivity index (χ3n) is 4.33. The van der Waals surface area contributed by atoms with Crippen LogP contribution >= 0.6 is 11.8 Å². The summed E-state index contributed by atoms with van der Waals surface area (Å²) in [5.74, 6) is 8.63. The molecule has 0 unspecified atom stereocenters. The van der Waals surface area contributed by atoms with Crippen molar-refractivity contribution >= 4 is 11.8 Å². The van der Waals surface area contributed by atoms with E-state index in [2.05, 4.69) is 42.2 Å². The van der Waals surface area contributed by atoms with Crippen LogP contribution in [0.15, 0.2) is 47.6 Å².